The number of rotatable bonds is 7. The first-order valence-corrected chi connectivity index (χ1v) is 11.1. The molecule has 1 aliphatic rings. The molecule has 0 spiro atoms. The zero-order chi connectivity index (χ0) is 23.4. The number of amides is 2. The van der Waals surface area contributed by atoms with E-state index in [1.54, 1.807) is 24.3 Å². The molecule has 1 fully saturated rings. The molecule has 1 aliphatic heterocycles. The van der Waals surface area contributed by atoms with Gasteiger partial charge in [-0.25, -0.2) is 30.0 Å². The largest absolute Gasteiger partial charge is 0.383 e. The number of likely N-dealkylation sites (tertiary alicyclic amines) is 1. The third kappa shape index (κ3) is 5.15. The maximum absolute atomic E-state index is 14.5. The predicted octanol–water partition coefficient (Wildman–Crippen LogP) is 3.02. The summed E-state index contributed by atoms with van der Waals surface area (Å²) in [5, 5.41) is 5.43. The summed E-state index contributed by atoms with van der Waals surface area (Å²) >= 11 is 6.08. The Morgan fingerprint density at radius 3 is 3.09 bits per heavy atom. The highest BCUT2D eigenvalue weighted by Crippen LogP contribution is 2.28. The molecule has 2 amide bonds. The number of ether oxygens (including phenoxy) is 1. The highest BCUT2D eigenvalue weighted by molar-refractivity contribution is 6.31. The second-order valence-corrected chi connectivity index (χ2v) is 8.27. The molecule has 12 heteroatoms. The van der Waals surface area contributed by atoms with Gasteiger partial charge in [0.15, 0.2) is 17.5 Å². The average Bonchev–Trinajstić information content (AvgIpc) is 3.24. The quantitative estimate of drug-likeness (QED) is 0.272. The third-order valence-corrected chi connectivity index (χ3v) is 5.85. The van der Waals surface area contributed by atoms with Crippen LogP contribution >= 0.6 is 11.6 Å². The number of halogens is 2. The van der Waals surface area contributed by atoms with Gasteiger partial charge < -0.3 is 19.9 Å². The Balaban J connectivity index is 1.50. The fourth-order valence-corrected chi connectivity index (χ4v) is 4.07. The van der Waals surface area contributed by atoms with E-state index in [-0.39, 0.29) is 17.9 Å². The number of aromatic amines is 1. The fraction of sp³-hybridized carbons (Fsp3) is 0.429. The lowest BCUT2D eigenvalue weighted by Gasteiger charge is -2.38. The van der Waals surface area contributed by atoms with Crippen molar-refractivity contribution in [2.24, 2.45) is 5.84 Å². The molecule has 1 atom stereocenters. The Hall–Kier alpha value is -3.02. The Morgan fingerprint density at radius 2 is 2.27 bits per heavy atom. The van der Waals surface area contributed by atoms with Crippen molar-refractivity contribution < 1.29 is 13.9 Å². The van der Waals surface area contributed by atoms with E-state index in [0.29, 0.717) is 48.3 Å². The molecule has 3 aromatic heterocycles. The molecule has 0 aliphatic carbocycles. The fourth-order valence-electron chi connectivity index (χ4n) is 3.91. The van der Waals surface area contributed by atoms with Gasteiger partial charge in [0.25, 0.3) is 0 Å². The number of nitrogens with one attached hydrogen (secondary N) is 2. The van der Waals surface area contributed by atoms with Gasteiger partial charge in [0.05, 0.1) is 30.4 Å². The number of carbonyl (C=O) groups excluding carboxylic acids is 1. The van der Waals surface area contributed by atoms with Crippen molar-refractivity contribution in [2.75, 3.05) is 38.7 Å². The summed E-state index contributed by atoms with van der Waals surface area (Å²) in [5.74, 6) is 5.72. The number of aromatic nitrogens is 4. The summed E-state index contributed by atoms with van der Waals surface area (Å²) in [5.41, 5.74) is 1.29. The lowest BCUT2D eigenvalue weighted by Crippen LogP contribution is -2.55. The van der Waals surface area contributed by atoms with E-state index in [2.05, 4.69) is 25.3 Å². The molecular weight excluding hydrogens is 451 g/mol. The first kappa shape index (κ1) is 23.1. The van der Waals surface area contributed by atoms with Crippen molar-refractivity contribution in [2.45, 2.75) is 25.3 Å². The second kappa shape index (κ2) is 10.3. The number of hydrazine groups is 1. The lowest BCUT2D eigenvalue weighted by atomic mass is 10.0. The number of pyridine rings is 1. The molecule has 0 radical (unpaired) electrons. The van der Waals surface area contributed by atoms with Crippen LogP contribution in [0.1, 0.15) is 19.3 Å². The van der Waals surface area contributed by atoms with E-state index in [1.807, 2.05) is 0 Å². The molecule has 0 unspecified atom stereocenters. The van der Waals surface area contributed by atoms with Gasteiger partial charge in [-0.1, -0.05) is 11.6 Å². The normalized spacial score (nSPS) is 16.2. The standard InChI is InChI=1S/C21H26ClFN8O2/c1-33-7-6-31(24)21(32)30-5-3-2-4-14(30)10-26-20-17(23)12-28-19(29-20)16-11-27-18-15(16)8-13(22)9-25-18/h8-9,11-12,14H,2-7,10,24H2,1H3,(H,25,27)(H,26,28,29)/t14-/m1/s1. The van der Waals surface area contributed by atoms with Gasteiger partial charge in [-0.2, -0.15) is 0 Å². The van der Waals surface area contributed by atoms with Crippen molar-refractivity contribution in [1.82, 2.24) is 29.8 Å². The number of nitrogens with zero attached hydrogens (tertiary/aromatic N) is 5. The van der Waals surface area contributed by atoms with E-state index in [1.165, 1.54) is 6.20 Å². The van der Waals surface area contributed by atoms with Crippen LogP contribution in [0, 0.1) is 5.82 Å². The number of methoxy groups -OCH3 is 1. The molecule has 176 valence electrons. The van der Waals surface area contributed by atoms with Crippen LogP contribution in [0.15, 0.2) is 24.7 Å². The Morgan fingerprint density at radius 1 is 1.42 bits per heavy atom. The first-order chi connectivity index (χ1) is 16.0. The van der Waals surface area contributed by atoms with Crippen LogP contribution in [-0.2, 0) is 4.74 Å². The van der Waals surface area contributed by atoms with Crippen LogP contribution in [0.4, 0.5) is 15.0 Å². The van der Waals surface area contributed by atoms with Crippen LogP contribution in [0.3, 0.4) is 0 Å². The molecule has 4 rings (SSSR count). The monoisotopic (exact) mass is 476 g/mol. The topological polar surface area (TPSA) is 125 Å². The zero-order valence-corrected chi connectivity index (χ0v) is 19.0. The van der Waals surface area contributed by atoms with Gasteiger partial charge in [-0.15, -0.1) is 0 Å². The molecule has 3 aromatic rings. The molecule has 4 heterocycles. The average molecular weight is 477 g/mol. The molecule has 33 heavy (non-hydrogen) atoms. The number of H-pyrrole nitrogens is 1. The minimum absolute atomic E-state index is 0.0614. The SMILES string of the molecule is COCCN(N)C(=O)N1CCCC[C@@H]1CNc1nc(-c2c[nH]c3ncc(Cl)cc23)ncc1F. The van der Waals surface area contributed by atoms with Gasteiger partial charge in [0.2, 0.25) is 0 Å². The molecule has 0 bridgehead atoms. The second-order valence-electron chi connectivity index (χ2n) is 7.83. The summed E-state index contributed by atoms with van der Waals surface area (Å²) in [6, 6.07) is 1.34. The van der Waals surface area contributed by atoms with Crippen LogP contribution in [-0.4, -0.2) is 75.3 Å². The summed E-state index contributed by atoms with van der Waals surface area (Å²) < 4.78 is 19.5. The van der Waals surface area contributed by atoms with Crippen molar-refractivity contribution in [3.8, 4) is 11.4 Å². The maximum Gasteiger partial charge on any atom is 0.334 e. The number of nitrogens with two attached hydrogens (primary N) is 1. The molecule has 0 aromatic carbocycles. The van der Waals surface area contributed by atoms with Gasteiger partial charge in [-0.3, -0.25) is 5.01 Å². The molecule has 4 N–H and O–H groups in total. The highest BCUT2D eigenvalue weighted by Gasteiger charge is 2.29. The minimum Gasteiger partial charge on any atom is -0.383 e. The number of anilines is 1. The summed E-state index contributed by atoms with van der Waals surface area (Å²) in [7, 11) is 1.55. The highest BCUT2D eigenvalue weighted by atomic mass is 35.5. The van der Waals surface area contributed by atoms with E-state index in [0.717, 1.165) is 35.9 Å². The number of urea groups is 1. The van der Waals surface area contributed by atoms with Crippen LogP contribution in [0.2, 0.25) is 5.02 Å². The molecule has 1 saturated heterocycles. The first-order valence-electron chi connectivity index (χ1n) is 10.7. The van der Waals surface area contributed by atoms with Gasteiger partial charge in [0, 0.05) is 43.5 Å². The van der Waals surface area contributed by atoms with Gasteiger partial charge >= 0.3 is 6.03 Å². The summed E-state index contributed by atoms with van der Waals surface area (Å²) in [6.07, 6.45) is 7.02. The maximum atomic E-state index is 14.5. The summed E-state index contributed by atoms with van der Waals surface area (Å²) in [6.45, 7) is 1.56. The van der Waals surface area contributed by atoms with Gasteiger partial charge in [0.1, 0.15) is 5.65 Å². The van der Waals surface area contributed by atoms with Crippen molar-refractivity contribution in [3.63, 3.8) is 0 Å². The number of carbonyl (C=O) groups is 1. The van der Waals surface area contributed by atoms with Crippen molar-refractivity contribution in [1.29, 1.82) is 0 Å². The zero-order valence-electron chi connectivity index (χ0n) is 18.2. The molecule has 0 saturated carbocycles. The number of hydrogen-bond acceptors (Lipinski definition) is 7. The Labute approximate surface area is 195 Å². The smallest absolute Gasteiger partial charge is 0.334 e. The van der Waals surface area contributed by atoms with E-state index in [4.69, 9.17) is 22.2 Å². The van der Waals surface area contributed by atoms with Crippen molar-refractivity contribution in [3.05, 3.63) is 35.5 Å². The van der Waals surface area contributed by atoms with Crippen molar-refractivity contribution >= 4 is 34.5 Å². The number of fused-ring (bicyclic) bond motifs is 1. The molecular formula is C21H26ClFN8O2. The number of piperidine rings is 1. The minimum atomic E-state index is -0.580. The van der Waals surface area contributed by atoms with E-state index < -0.39 is 5.82 Å². The predicted molar refractivity (Wildman–Crippen MR) is 123 cm³/mol. The Kier molecular flexibility index (Phi) is 7.21. The third-order valence-electron chi connectivity index (χ3n) is 5.64. The van der Waals surface area contributed by atoms with Crippen LogP contribution in [0.25, 0.3) is 22.4 Å². The molecule has 10 nitrogen and oxygen atoms in total. The van der Waals surface area contributed by atoms with E-state index in [9.17, 15) is 9.18 Å². The summed E-state index contributed by atoms with van der Waals surface area (Å²) in [4.78, 5) is 30.3. The van der Waals surface area contributed by atoms with E-state index >= 15 is 0 Å². The van der Waals surface area contributed by atoms with Crippen LogP contribution in [0.5, 0.6) is 0 Å². The lowest BCUT2D eigenvalue weighted by molar-refractivity contribution is 0.103. The number of hydrogen-bond donors (Lipinski definition) is 3. The van der Waals surface area contributed by atoms with Gasteiger partial charge in [-0.05, 0) is 25.3 Å². The Bertz CT molecular complexity index is 1130. The van der Waals surface area contributed by atoms with Crippen LogP contribution < -0.4 is 11.2 Å².